The molecule has 0 fully saturated rings. The topological polar surface area (TPSA) is 47.8 Å². The SMILES string of the molecule is Cc1ccc(C(=O)c2c(Br)nnn2C)c(F)c1. The van der Waals surface area contributed by atoms with Gasteiger partial charge in [0.25, 0.3) is 0 Å². The second-order valence-corrected chi connectivity index (χ2v) is 4.42. The van der Waals surface area contributed by atoms with Crippen molar-refractivity contribution in [2.45, 2.75) is 6.92 Å². The molecule has 1 heterocycles. The highest BCUT2D eigenvalue weighted by molar-refractivity contribution is 9.10. The summed E-state index contributed by atoms with van der Waals surface area (Å²) in [7, 11) is 1.58. The number of rotatable bonds is 2. The zero-order chi connectivity index (χ0) is 12.6. The van der Waals surface area contributed by atoms with Crippen molar-refractivity contribution in [2.24, 2.45) is 7.05 Å². The maximum absolute atomic E-state index is 13.7. The minimum absolute atomic E-state index is 0.0155. The summed E-state index contributed by atoms with van der Waals surface area (Å²) >= 11 is 3.12. The fourth-order valence-corrected chi connectivity index (χ4v) is 2.01. The van der Waals surface area contributed by atoms with Crippen molar-refractivity contribution in [2.75, 3.05) is 0 Å². The number of benzene rings is 1. The summed E-state index contributed by atoms with van der Waals surface area (Å²) in [5, 5.41) is 7.38. The fourth-order valence-electron chi connectivity index (χ4n) is 1.50. The molecule has 0 N–H and O–H groups in total. The molecule has 17 heavy (non-hydrogen) atoms. The highest BCUT2D eigenvalue weighted by Crippen LogP contribution is 2.19. The molecule has 6 heteroatoms. The van der Waals surface area contributed by atoms with Crippen LogP contribution in [-0.2, 0) is 7.05 Å². The van der Waals surface area contributed by atoms with Crippen LogP contribution >= 0.6 is 15.9 Å². The summed E-state index contributed by atoms with van der Waals surface area (Å²) in [5.74, 6) is -0.982. The van der Waals surface area contributed by atoms with E-state index in [1.165, 1.54) is 16.8 Å². The number of hydrogen-bond donors (Lipinski definition) is 0. The van der Waals surface area contributed by atoms with Gasteiger partial charge in [0.2, 0.25) is 5.78 Å². The van der Waals surface area contributed by atoms with Crippen LogP contribution in [0.2, 0.25) is 0 Å². The van der Waals surface area contributed by atoms with E-state index in [-0.39, 0.29) is 11.3 Å². The molecule has 0 aliphatic heterocycles. The highest BCUT2D eigenvalue weighted by atomic mass is 79.9. The Bertz CT molecular complexity index is 575. The van der Waals surface area contributed by atoms with Gasteiger partial charge in [-0.15, -0.1) is 5.10 Å². The average molecular weight is 298 g/mol. The molecule has 4 nitrogen and oxygen atoms in total. The molecule has 0 aliphatic carbocycles. The van der Waals surface area contributed by atoms with E-state index >= 15 is 0 Å². The van der Waals surface area contributed by atoms with Crippen molar-refractivity contribution >= 4 is 21.7 Å². The van der Waals surface area contributed by atoms with Gasteiger partial charge in [-0.2, -0.15) is 0 Å². The van der Waals surface area contributed by atoms with Gasteiger partial charge in [0, 0.05) is 7.05 Å². The average Bonchev–Trinajstić information content (AvgIpc) is 2.58. The largest absolute Gasteiger partial charge is 0.287 e. The molecule has 0 unspecified atom stereocenters. The lowest BCUT2D eigenvalue weighted by atomic mass is 10.1. The number of aromatic nitrogens is 3. The molecular formula is C11H9BrFN3O. The van der Waals surface area contributed by atoms with Crippen molar-refractivity contribution in [3.05, 3.63) is 45.4 Å². The zero-order valence-corrected chi connectivity index (χ0v) is 10.8. The first kappa shape index (κ1) is 11.9. The highest BCUT2D eigenvalue weighted by Gasteiger charge is 2.21. The monoisotopic (exact) mass is 297 g/mol. The quantitative estimate of drug-likeness (QED) is 0.799. The lowest BCUT2D eigenvalue weighted by molar-refractivity contribution is 0.102. The van der Waals surface area contributed by atoms with Crippen LogP contribution in [0.25, 0.3) is 0 Å². The van der Waals surface area contributed by atoms with Gasteiger partial charge in [-0.1, -0.05) is 11.3 Å². The van der Waals surface area contributed by atoms with Crippen LogP contribution in [0.5, 0.6) is 0 Å². The number of carbonyl (C=O) groups excluding carboxylic acids is 1. The third-order valence-corrected chi connectivity index (χ3v) is 2.90. The molecule has 0 bridgehead atoms. The van der Waals surface area contributed by atoms with Crippen molar-refractivity contribution < 1.29 is 9.18 Å². The molecule has 0 radical (unpaired) electrons. The van der Waals surface area contributed by atoms with E-state index in [1.54, 1.807) is 20.0 Å². The van der Waals surface area contributed by atoms with Gasteiger partial charge in [0.05, 0.1) is 5.56 Å². The zero-order valence-electron chi connectivity index (χ0n) is 9.24. The van der Waals surface area contributed by atoms with Crippen molar-refractivity contribution in [3.8, 4) is 0 Å². The van der Waals surface area contributed by atoms with Gasteiger partial charge in [-0.3, -0.25) is 4.79 Å². The maximum Gasteiger partial charge on any atom is 0.216 e. The van der Waals surface area contributed by atoms with E-state index in [9.17, 15) is 9.18 Å². The molecule has 0 atom stereocenters. The number of nitrogens with zero attached hydrogens (tertiary/aromatic N) is 3. The Hall–Kier alpha value is -1.56. The molecule has 0 saturated heterocycles. The Labute approximate surface area is 106 Å². The van der Waals surface area contributed by atoms with Crippen LogP contribution < -0.4 is 0 Å². The Morgan fingerprint density at radius 1 is 1.47 bits per heavy atom. The lowest BCUT2D eigenvalue weighted by Gasteiger charge is -2.03. The van der Waals surface area contributed by atoms with Crippen molar-refractivity contribution in [3.63, 3.8) is 0 Å². The number of ketones is 1. The number of hydrogen-bond acceptors (Lipinski definition) is 3. The van der Waals surface area contributed by atoms with E-state index < -0.39 is 11.6 Å². The summed E-state index contributed by atoms with van der Waals surface area (Å²) in [4.78, 5) is 12.1. The third-order valence-electron chi connectivity index (χ3n) is 2.37. The van der Waals surface area contributed by atoms with E-state index in [2.05, 4.69) is 26.2 Å². The molecule has 2 rings (SSSR count). The predicted octanol–water partition coefficient (Wildman–Crippen LogP) is 2.26. The number of aryl methyl sites for hydroxylation is 2. The van der Waals surface area contributed by atoms with E-state index in [0.717, 1.165) is 5.56 Å². The number of carbonyl (C=O) groups is 1. The molecular weight excluding hydrogens is 289 g/mol. The van der Waals surface area contributed by atoms with Gasteiger partial charge < -0.3 is 0 Å². The Morgan fingerprint density at radius 3 is 2.71 bits per heavy atom. The first-order valence-corrected chi connectivity index (χ1v) is 5.66. The fraction of sp³-hybridized carbons (Fsp3) is 0.182. The van der Waals surface area contributed by atoms with Crippen LogP contribution in [0.15, 0.2) is 22.8 Å². The predicted molar refractivity (Wildman–Crippen MR) is 63.3 cm³/mol. The van der Waals surface area contributed by atoms with Gasteiger partial charge in [-0.25, -0.2) is 9.07 Å². The van der Waals surface area contributed by atoms with E-state index in [0.29, 0.717) is 4.60 Å². The van der Waals surface area contributed by atoms with Crippen LogP contribution in [0.4, 0.5) is 4.39 Å². The first-order valence-electron chi connectivity index (χ1n) is 4.86. The lowest BCUT2D eigenvalue weighted by Crippen LogP contribution is -2.10. The molecule has 0 saturated carbocycles. The van der Waals surface area contributed by atoms with Crippen LogP contribution in [-0.4, -0.2) is 20.8 Å². The molecule has 0 aliphatic rings. The maximum atomic E-state index is 13.7. The van der Waals surface area contributed by atoms with Crippen molar-refractivity contribution in [1.29, 1.82) is 0 Å². The van der Waals surface area contributed by atoms with Crippen molar-refractivity contribution in [1.82, 2.24) is 15.0 Å². The van der Waals surface area contributed by atoms with E-state index in [1.807, 2.05) is 0 Å². The second kappa shape index (κ2) is 4.37. The molecule has 0 spiro atoms. The Morgan fingerprint density at radius 2 is 2.18 bits per heavy atom. The van der Waals surface area contributed by atoms with Gasteiger partial charge >= 0.3 is 0 Å². The second-order valence-electron chi connectivity index (χ2n) is 3.66. The van der Waals surface area contributed by atoms with Gasteiger partial charge in [0.1, 0.15) is 11.5 Å². The van der Waals surface area contributed by atoms with Crippen LogP contribution in [0, 0.1) is 12.7 Å². The summed E-state index contributed by atoms with van der Waals surface area (Å²) in [6, 6.07) is 4.48. The summed E-state index contributed by atoms with van der Waals surface area (Å²) in [6.45, 7) is 1.76. The summed E-state index contributed by atoms with van der Waals surface area (Å²) < 4.78 is 15.3. The number of halogens is 2. The minimum atomic E-state index is -0.539. The molecule has 88 valence electrons. The molecule has 1 aromatic heterocycles. The first-order chi connectivity index (χ1) is 8.00. The van der Waals surface area contributed by atoms with Crippen LogP contribution in [0.3, 0.4) is 0 Å². The summed E-state index contributed by atoms with van der Waals surface area (Å²) in [5.41, 5.74) is 1.01. The molecule has 1 aromatic carbocycles. The normalized spacial score (nSPS) is 10.6. The smallest absolute Gasteiger partial charge is 0.216 e. The Kier molecular flexibility index (Phi) is 3.06. The van der Waals surface area contributed by atoms with Gasteiger partial charge in [-0.05, 0) is 40.5 Å². The van der Waals surface area contributed by atoms with Gasteiger partial charge in [0.15, 0.2) is 4.60 Å². The molecule has 0 amide bonds. The third kappa shape index (κ3) is 2.12. The Balaban J connectivity index is 2.51. The van der Waals surface area contributed by atoms with Crippen LogP contribution in [0.1, 0.15) is 21.6 Å². The standard InChI is InChI=1S/C11H9BrFN3O/c1-6-3-4-7(8(13)5-6)10(17)9-11(12)14-15-16(9)2/h3-5H,1-2H3. The van der Waals surface area contributed by atoms with E-state index in [4.69, 9.17) is 0 Å². The summed E-state index contributed by atoms with van der Waals surface area (Å²) in [6.07, 6.45) is 0. The molecule has 2 aromatic rings. The minimum Gasteiger partial charge on any atom is -0.287 e.